The van der Waals surface area contributed by atoms with Crippen molar-refractivity contribution in [2.45, 2.75) is 30.9 Å². The van der Waals surface area contributed by atoms with Gasteiger partial charge in [0.15, 0.2) is 35.1 Å². The molecule has 2 aromatic carbocycles. The number of ketones is 1. The smallest absolute Gasteiger partial charge is 0.231 e. The lowest BCUT2D eigenvalue weighted by molar-refractivity contribution is -0.327. The van der Waals surface area contributed by atoms with Crippen molar-refractivity contribution >= 4 is 11.9 Å². The number of hydrogen-bond acceptors (Lipinski definition) is 11. The molecule has 0 unspecified atom stereocenters. The van der Waals surface area contributed by atoms with Gasteiger partial charge in [-0.05, 0) is 35.9 Å². The number of carbonyl (C=O) groups excluding carboxylic acids is 1. The second-order valence-corrected chi connectivity index (χ2v) is 6.95. The summed E-state index contributed by atoms with van der Waals surface area (Å²) in [7, 11) is 1.20. The topological polar surface area (TPSA) is 186 Å². The Balaban J connectivity index is 1.78. The fourth-order valence-corrected chi connectivity index (χ4v) is 3.00. The molecule has 0 spiro atoms. The number of phenolic OH excluding ortho intramolecular Hbond substituents is 4. The molecule has 0 amide bonds. The summed E-state index contributed by atoms with van der Waals surface area (Å²) in [4.78, 5) is 12.4. The van der Waals surface area contributed by atoms with Crippen molar-refractivity contribution in [3.8, 4) is 28.7 Å². The van der Waals surface area contributed by atoms with Crippen molar-refractivity contribution in [3.63, 3.8) is 0 Å². The standard InChI is InChI=1S/C21H22O11/c1-30-20-18(28)17(27)19(29)21(32-20)31-14-7-4-10(15(25)16(14)26)11(22)5-2-9-3-6-12(23)13(24)8-9/h2-8,17-21,23-29H,1H3/b5-2+/t17-,18-,19+,20-,21+/m0/s1. The largest absolute Gasteiger partial charge is 0.504 e. The Morgan fingerprint density at radius 1 is 0.906 bits per heavy atom. The van der Waals surface area contributed by atoms with E-state index in [-0.39, 0.29) is 22.8 Å². The van der Waals surface area contributed by atoms with Crippen LogP contribution >= 0.6 is 0 Å². The molecule has 1 aliphatic rings. The highest BCUT2D eigenvalue weighted by molar-refractivity contribution is 6.09. The van der Waals surface area contributed by atoms with Gasteiger partial charge in [0.05, 0.1) is 5.56 Å². The molecule has 0 radical (unpaired) electrons. The SMILES string of the molecule is CO[C@H]1O[C@@H](Oc2ccc(C(=O)/C=C/c3ccc(O)c(O)c3)c(O)c2O)[C@H](O)[C@@H](O)[C@@H]1O. The predicted octanol–water partition coefficient (Wildman–Crippen LogP) is 0.195. The van der Waals surface area contributed by atoms with Crippen molar-refractivity contribution in [2.24, 2.45) is 0 Å². The Morgan fingerprint density at radius 2 is 1.59 bits per heavy atom. The van der Waals surface area contributed by atoms with Gasteiger partial charge < -0.3 is 50.0 Å². The maximum absolute atomic E-state index is 12.4. The van der Waals surface area contributed by atoms with Gasteiger partial charge in [0, 0.05) is 7.11 Å². The second-order valence-electron chi connectivity index (χ2n) is 6.95. The van der Waals surface area contributed by atoms with Crippen LogP contribution in [0.15, 0.2) is 36.4 Å². The Bertz CT molecular complexity index is 1020. The van der Waals surface area contributed by atoms with Crippen LogP contribution in [0.25, 0.3) is 6.08 Å². The fourth-order valence-electron chi connectivity index (χ4n) is 3.00. The van der Waals surface area contributed by atoms with E-state index in [0.717, 1.165) is 18.2 Å². The molecule has 0 bridgehead atoms. The first-order valence-corrected chi connectivity index (χ1v) is 9.32. The Morgan fingerprint density at radius 3 is 2.25 bits per heavy atom. The average molecular weight is 450 g/mol. The molecule has 7 N–H and O–H groups in total. The highest BCUT2D eigenvalue weighted by Crippen LogP contribution is 2.40. The highest BCUT2D eigenvalue weighted by atomic mass is 16.8. The summed E-state index contributed by atoms with van der Waals surface area (Å²) in [6.07, 6.45) is -5.39. The molecule has 172 valence electrons. The van der Waals surface area contributed by atoms with Crippen LogP contribution in [0, 0.1) is 0 Å². The lowest BCUT2D eigenvalue weighted by Gasteiger charge is -2.39. The lowest BCUT2D eigenvalue weighted by atomic mass is 10.0. The van der Waals surface area contributed by atoms with Crippen molar-refractivity contribution in [1.82, 2.24) is 0 Å². The number of hydrogen-bond donors (Lipinski definition) is 7. The maximum atomic E-state index is 12.4. The second kappa shape index (κ2) is 9.42. The quantitative estimate of drug-likeness (QED) is 0.181. The first-order valence-electron chi connectivity index (χ1n) is 9.32. The van der Waals surface area contributed by atoms with Gasteiger partial charge in [-0.1, -0.05) is 12.1 Å². The molecule has 2 aromatic rings. The van der Waals surface area contributed by atoms with E-state index < -0.39 is 48.2 Å². The fraction of sp³-hybridized carbons (Fsp3) is 0.286. The molecule has 5 atom stereocenters. The minimum Gasteiger partial charge on any atom is -0.504 e. The highest BCUT2D eigenvalue weighted by Gasteiger charge is 2.45. The summed E-state index contributed by atoms with van der Waals surface area (Å²) in [5.41, 5.74) is 0.124. The van der Waals surface area contributed by atoms with Gasteiger partial charge in [-0.15, -0.1) is 0 Å². The normalized spacial score (nSPS) is 25.7. The minimum atomic E-state index is -1.70. The van der Waals surface area contributed by atoms with E-state index in [9.17, 15) is 40.5 Å². The molecule has 3 rings (SSSR count). The number of allylic oxidation sites excluding steroid dienone is 1. The van der Waals surface area contributed by atoms with Gasteiger partial charge in [-0.25, -0.2) is 0 Å². The predicted molar refractivity (Wildman–Crippen MR) is 107 cm³/mol. The van der Waals surface area contributed by atoms with Crippen LogP contribution in [-0.4, -0.2) is 79.5 Å². The molecule has 0 saturated carbocycles. The van der Waals surface area contributed by atoms with Gasteiger partial charge in [-0.3, -0.25) is 4.79 Å². The summed E-state index contributed by atoms with van der Waals surface area (Å²) in [6.45, 7) is 0. The van der Waals surface area contributed by atoms with Gasteiger partial charge in [-0.2, -0.15) is 0 Å². The molecule has 1 saturated heterocycles. The van der Waals surface area contributed by atoms with Gasteiger partial charge >= 0.3 is 0 Å². The zero-order chi connectivity index (χ0) is 23.6. The molecular formula is C21H22O11. The number of carbonyl (C=O) groups is 1. The average Bonchev–Trinajstić information content (AvgIpc) is 2.77. The third-order valence-corrected chi connectivity index (χ3v) is 4.81. The summed E-state index contributed by atoms with van der Waals surface area (Å²) >= 11 is 0. The van der Waals surface area contributed by atoms with Crippen LogP contribution in [0.1, 0.15) is 15.9 Å². The Kier molecular flexibility index (Phi) is 6.87. The zero-order valence-electron chi connectivity index (χ0n) is 16.7. The molecule has 1 fully saturated rings. The first-order chi connectivity index (χ1) is 15.1. The van der Waals surface area contributed by atoms with Crippen molar-refractivity contribution in [3.05, 3.63) is 47.5 Å². The van der Waals surface area contributed by atoms with Gasteiger partial charge in [0.1, 0.15) is 18.3 Å². The van der Waals surface area contributed by atoms with E-state index in [1.807, 2.05) is 0 Å². The Hall–Kier alpha value is -3.35. The first kappa shape index (κ1) is 23.3. The van der Waals surface area contributed by atoms with Crippen LogP contribution in [0.3, 0.4) is 0 Å². The van der Waals surface area contributed by atoms with Crippen LogP contribution in [-0.2, 0) is 9.47 Å². The van der Waals surface area contributed by atoms with Crippen LogP contribution in [0.4, 0.5) is 0 Å². The molecular weight excluding hydrogens is 428 g/mol. The molecule has 0 aromatic heterocycles. The van der Waals surface area contributed by atoms with E-state index >= 15 is 0 Å². The summed E-state index contributed by atoms with van der Waals surface area (Å²) in [5.74, 6) is -3.38. The van der Waals surface area contributed by atoms with Crippen molar-refractivity contribution < 1.29 is 54.8 Å². The number of phenols is 4. The summed E-state index contributed by atoms with van der Waals surface area (Å²) in [6, 6.07) is 6.20. The van der Waals surface area contributed by atoms with E-state index in [4.69, 9.17) is 14.2 Å². The summed E-state index contributed by atoms with van der Waals surface area (Å²) in [5, 5.41) is 69.0. The molecule has 11 heteroatoms. The van der Waals surface area contributed by atoms with E-state index in [0.29, 0.717) is 5.56 Å². The van der Waals surface area contributed by atoms with Gasteiger partial charge in [0.25, 0.3) is 0 Å². The number of rotatable bonds is 6. The van der Waals surface area contributed by atoms with E-state index in [2.05, 4.69) is 0 Å². The number of aliphatic hydroxyl groups is 3. The third-order valence-electron chi connectivity index (χ3n) is 4.81. The van der Waals surface area contributed by atoms with Crippen LogP contribution in [0.2, 0.25) is 0 Å². The zero-order valence-corrected chi connectivity index (χ0v) is 16.7. The number of aromatic hydroxyl groups is 4. The van der Waals surface area contributed by atoms with Gasteiger partial charge in [0.2, 0.25) is 12.0 Å². The van der Waals surface area contributed by atoms with Crippen molar-refractivity contribution in [2.75, 3.05) is 7.11 Å². The van der Waals surface area contributed by atoms with E-state index in [1.54, 1.807) is 0 Å². The minimum absolute atomic E-state index is 0.274. The van der Waals surface area contributed by atoms with Crippen LogP contribution < -0.4 is 4.74 Å². The number of benzene rings is 2. The summed E-state index contributed by atoms with van der Waals surface area (Å²) < 4.78 is 15.4. The molecule has 32 heavy (non-hydrogen) atoms. The third kappa shape index (κ3) is 4.61. The lowest BCUT2D eigenvalue weighted by Crippen LogP contribution is -2.59. The molecule has 1 heterocycles. The van der Waals surface area contributed by atoms with E-state index in [1.165, 1.54) is 31.4 Å². The Labute approximate surface area is 181 Å². The van der Waals surface area contributed by atoms with Crippen molar-refractivity contribution in [1.29, 1.82) is 0 Å². The maximum Gasteiger partial charge on any atom is 0.231 e. The van der Waals surface area contributed by atoms with Crippen LogP contribution in [0.5, 0.6) is 28.7 Å². The monoisotopic (exact) mass is 450 g/mol. The molecule has 0 aliphatic carbocycles. The number of aliphatic hydroxyl groups excluding tert-OH is 3. The number of ether oxygens (including phenoxy) is 3. The number of methoxy groups -OCH3 is 1. The molecule has 11 nitrogen and oxygen atoms in total. The molecule has 1 aliphatic heterocycles.